The van der Waals surface area contributed by atoms with Crippen LogP contribution in [0, 0.1) is 17.7 Å². The maximum atomic E-state index is 15.8. The molecule has 2 aliphatic rings. The number of nitrogens with one attached hydrogen (secondary N) is 4. The molecule has 14 heteroatoms. The summed E-state index contributed by atoms with van der Waals surface area (Å²) in [7, 11) is 1.27. The Balaban J connectivity index is 1.05. The quantitative estimate of drug-likeness (QED) is 0.100. The molecule has 0 saturated carbocycles. The van der Waals surface area contributed by atoms with E-state index >= 15 is 4.39 Å². The number of methoxy groups -OCH3 is 1. The molecule has 4 amide bonds. The van der Waals surface area contributed by atoms with E-state index in [1.807, 2.05) is 81.3 Å². The number of hydrogen-bond donors (Lipinski definition) is 4. The number of halogens is 1. The molecule has 0 spiro atoms. The van der Waals surface area contributed by atoms with Crippen LogP contribution in [0.25, 0.3) is 44.4 Å². The molecule has 0 unspecified atom stereocenters. The Morgan fingerprint density at radius 1 is 0.842 bits per heavy atom. The van der Waals surface area contributed by atoms with Gasteiger partial charge in [-0.05, 0) is 72.1 Å². The lowest BCUT2D eigenvalue weighted by Crippen LogP contribution is -2.51. The Morgan fingerprint density at radius 2 is 1.46 bits per heavy atom. The van der Waals surface area contributed by atoms with Gasteiger partial charge >= 0.3 is 6.09 Å². The van der Waals surface area contributed by atoms with Gasteiger partial charge in [0.15, 0.2) is 0 Å². The molecule has 2 aromatic heterocycles. The van der Waals surface area contributed by atoms with Gasteiger partial charge in [-0.3, -0.25) is 14.4 Å². The van der Waals surface area contributed by atoms with Crippen molar-refractivity contribution >= 4 is 35.1 Å². The molecule has 5 aromatic rings. The molecule has 4 heterocycles. The summed E-state index contributed by atoms with van der Waals surface area (Å²) in [4.78, 5) is 69.7. The van der Waals surface area contributed by atoms with Gasteiger partial charge in [-0.25, -0.2) is 19.2 Å². The Kier molecular flexibility index (Phi) is 11.4. The predicted octanol–water partition coefficient (Wildman–Crippen LogP) is 6.90. The molecule has 2 saturated heterocycles. The highest BCUT2D eigenvalue weighted by atomic mass is 19.1. The zero-order valence-corrected chi connectivity index (χ0v) is 32.8. The summed E-state index contributed by atoms with van der Waals surface area (Å²) in [5.74, 6) is 0.462. The first-order chi connectivity index (χ1) is 27.5. The molecule has 4 atom stereocenters. The van der Waals surface area contributed by atoms with E-state index in [4.69, 9.17) is 9.72 Å². The first-order valence-electron chi connectivity index (χ1n) is 19.6. The fraction of sp³-hybridized carbons (Fsp3) is 0.395. The standard InChI is InChI=1S/C43H49FN8O5/c1-24(2)37(47-23-53)41(54)51-16-6-8-35(51)39-45-21-33(48-39)29-13-11-26-18-28(12-10-27(26)19-29)31-15-14-30(20-32(31)44)34-22-46-40(49-34)36-9-7-17-52(36)42(55)38(25(3)4)50-43(56)57-5/h10-15,18-25,35-38H,6-9,16-17H2,1-5H3,(H,45,48)(H,46,49)(H,47,53)(H,50,56)/t35-,36-,37-,38-/m0/s1. The van der Waals surface area contributed by atoms with Crippen molar-refractivity contribution in [2.24, 2.45) is 11.8 Å². The number of carbonyl (C=O) groups excluding carboxylic acids is 4. The van der Waals surface area contributed by atoms with E-state index in [1.165, 1.54) is 13.2 Å². The zero-order valence-electron chi connectivity index (χ0n) is 32.8. The number of fused-ring (bicyclic) bond motifs is 1. The van der Waals surface area contributed by atoms with Crippen LogP contribution < -0.4 is 10.6 Å². The maximum Gasteiger partial charge on any atom is 0.407 e. The lowest BCUT2D eigenvalue weighted by Gasteiger charge is -2.30. The maximum absolute atomic E-state index is 15.8. The van der Waals surface area contributed by atoms with Crippen LogP contribution in [-0.2, 0) is 19.1 Å². The van der Waals surface area contributed by atoms with Crippen LogP contribution in [0.3, 0.4) is 0 Å². The fourth-order valence-corrected chi connectivity index (χ4v) is 8.11. The predicted molar refractivity (Wildman–Crippen MR) is 214 cm³/mol. The number of ether oxygens (including phenoxy) is 1. The van der Waals surface area contributed by atoms with Crippen molar-refractivity contribution in [1.29, 1.82) is 0 Å². The van der Waals surface area contributed by atoms with E-state index < -0.39 is 18.2 Å². The van der Waals surface area contributed by atoms with Gasteiger partial charge in [0.25, 0.3) is 0 Å². The number of rotatable bonds is 12. The topological polar surface area (TPSA) is 165 Å². The number of imidazole rings is 2. The van der Waals surface area contributed by atoms with Crippen LogP contribution in [0.1, 0.15) is 77.1 Å². The van der Waals surface area contributed by atoms with Gasteiger partial charge in [0.05, 0.1) is 36.8 Å². The van der Waals surface area contributed by atoms with Crippen LogP contribution >= 0.6 is 0 Å². The van der Waals surface area contributed by atoms with Gasteiger partial charge in [-0.15, -0.1) is 0 Å². The Bertz CT molecular complexity index is 2280. The van der Waals surface area contributed by atoms with Gasteiger partial charge < -0.3 is 35.1 Å². The summed E-state index contributed by atoms with van der Waals surface area (Å²) in [6.07, 6.45) is 6.58. The highest BCUT2D eigenvalue weighted by molar-refractivity contribution is 5.91. The number of carbonyl (C=O) groups is 4. The molecule has 57 heavy (non-hydrogen) atoms. The lowest BCUT2D eigenvalue weighted by molar-refractivity contribution is -0.137. The van der Waals surface area contributed by atoms with Crippen LogP contribution in [-0.4, -0.2) is 86.3 Å². The second kappa shape index (κ2) is 16.6. The van der Waals surface area contributed by atoms with Crippen molar-refractivity contribution in [1.82, 2.24) is 40.4 Å². The SMILES string of the molecule is COC(=O)N[C@H](C(=O)N1CCC[C@H]1c1ncc(-c2ccc(-c3ccc4cc(-c5c[nH]c([C@@H]6CCCN6C(=O)[C@@H](NC=O)C(C)C)n5)ccc4c3)c(F)c2)[nH]1)C(C)C. The minimum atomic E-state index is -0.735. The largest absolute Gasteiger partial charge is 0.453 e. The summed E-state index contributed by atoms with van der Waals surface area (Å²) in [5.41, 5.74) is 4.13. The molecule has 13 nitrogen and oxygen atoms in total. The second-order valence-electron chi connectivity index (χ2n) is 15.6. The Morgan fingerprint density at radius 3 is 2.09 bits per heavy atom. The Labute approximate surface area is 330 Å². The van der Waals surface area contributed by atoms with Crippen molar-refractivity contribution < 1.29 is 28.3 Å². The van der Waals surface area contributed by atoms with Gasteiger partial charge in [0.2, 0.25) is 18.2 Å². The Hall–Kier alpha value is -6.05. The number of alkyl carbamates (subject to hydrolysis) is 1. The van der Waals surface area contributed by atoms with E-state index in [9.17, 15) is 19.2 Å². The molecule has 2 fully saturated rings. The minimum Gasteiger partial charge on any atom is -0.453 e. The van der Waals surface area contributed by atoms with E-state index in [-0.39, 0.29) is 41.6 Å². The molecular formula is C43H49FN8O5. The second-order valence-corrected chi connectivity index (χ2v) is 15.6. The molecule has 298 valence electrons. The molecule has 0 bridgehead atoms. The molecule has 0 radical (unpaired) electrons. The summed E-state index contributed by atoms with van der Waals surface area (Å²) in [6.45, 7) is 8.72. The van der Waals surface area contributed by atoms with Gasteiger partial charge in [-0.2, -0.15) is 0 Å². The highest BCUT2D eigenvalue weighted by Crippen LogP contribution is 2.36. The summed E-state index contributed by atoms with van der Waals surface area (Å²) in [6, 6.07) is 15.2. The van der Waals surface area contributed by atoms with E-state index in [1.54, 1.807) is 17.2 Å². The van der Waals surface area contributed by atoms with Crippen molar-refractivity contribution in [3.05, 3.63) is 84.5 Å². The van der Waals surface area contributed by atoms with E-state index in [0.717, 1.165) is 46.9 Å². The number of hydrogen-bond acceptors (Lipinski definition) is 7. The molecule has 7 rings (SSSR count). The third-order valence-corrected chi connectivity index (χ3v) is 11.2. The molecule has 0 aliphatic carbocycles. The minimum absolute atomic E-state index is 0.0425. The van der Waals surface area contributed by atoms with E-state index in [2.05, 4.69) is 25.6 Å². The average molecular weight is 777 g/mol. The van der Waals surface area contributed by atoms with Gasteiger partial charge in [0, 0.05) is 36.0 Å². The van der Waals surface area contributed by atoms with Crippen molar-refractivity contribution in [3.63, 3.8) is 0 Å². The van der Waals surface area contributed by atoms with Crippen LogP contribution in [0.5, 0.6) is 0 Å². The van der Waals surface area contributed by atoms with E-state index in [0.29, 0.717) is 54.4 Å². The highest BCUT2D eigenvalue weighted by Gasteiger charge is 2.38. The average Bonchev–Trinajstić information content (AvgIpc) is 4.04. The first-order valence-corrected chi connectivity index (χ1v) is 19.6. The molecule has 4 N–H and O–H groups in total. The van der Waals surface area contributed by atoms with Gasteiger partial charge in [-0.1, -0.05) is 64.1 Å². The number of amides is 4. The van der Waals surface area contributed by atoms with Crippen molar-refractivity contribution in [2.45, 2.75) is 77.5 Å². The summed E-state index contributed by atoms with van der Waals surface area (Å²) in [5, 5.41) is 7.26. The normalized spacial score (nSPS) is 18.0. The number of aromatic amines is 2. The molecular weight excluding hydrogens is 728 g/mol. The molecule has 3 aromatic carbocycles. The third kappa shape index (κ3) is 7.98. The van der Waals surface area contributed by atoms with Gasteiger partial charge in [0.1, 0.15) is 29.5 Å². The number of H-pyrrole nitrogens is 2. The third-order valence-electron chi connectivity index (χ3n) is 11.2. The van der Waals surface area contributed by atoms with Crippen LogP contribution in [0.2, 0.25) is 0 Å². The summed E-state index contributed by atoms with van der Waals surface area (Å²) >= 11 is 0. The van der Waals surface area contributed by atoms with Crippen molar-refractivity contribution in [3.8, 4) is 33.6 Å². The fourth-order valence-electron chi connectivity index (χ4n) is 8.11. The number of likely N-dealkylation sites (tertiary alicyclic amines) is 2. The van der Waals surface area contributed by atoms with Crippen LogP contribution in [0.15, 0.2) is 67.0 Å². The summed E-state index contributed by atoms with van der Waals surface area (Å²) < 4.78 is 20.6. The van der Waals surface area contributed by atoms with Crippen LogP contribution in [0.4, 0.5) is 9.18 Å². The number of aromatic nitrogens is 4. The first kappa shape index (κ1) is 39.2. The van der Waals surface area contributed by atoms with Crippen molar-refractivity contribution in [2.75, 3.05) is 20.2 Å². The number of benzene rings is 3. The number of nitrogens with zero attached hydrogens (tertiary/aromatic N) is 4. The molecule has 2 aliphatic heterocycles. The smallest absolute Gasteiger partial charge is 0.407 e. The monoisotopic (exact) mass is 776 g/mol. The zero-order chi connectivity index (χ0) is 40.4. The lowest BCUT2D eigenvalue weighted by atomic mass is 9.98.